The van der Waals surface area contributed by atoms with E-state index in [2.05, 4.69) is 15.0 Å². The lowest BCUT2D eigenvalue weighted by molar-refractivity contribution is 0.0789. The van der Waals surface area contributed by atoms with Gasteiger partial charge < -0.3 is 14.9 Å². The number of imidazole rings is 1. The van der Waals surface area contributed by atoms with Gasteiger partial charge in [0.25, 0.3) is 5.91 Å². The van der Waals surface area contributed by atoms with E-state index in [-0.39, 0.29) is 17.6 Å². The van der Waals surface area contributed by atoms with E-state index in [4.69, 9.17) is 0 Å². The number of carbonyl (C=O) groups excluding carboxylic acids is 1. The SMILES string of the molecule is O=C(c1cccc2[nH]ccc12)N1CC[C@@H](n2c(=O)[nH]c3cccnc32)C1. The molecule has 0 aliphatic carbocycles. The van der Waals surface area contributed by atoms with Crippen LogP contribution in [0.3, 0.4) is 0 Å². The summed E-state index contributed by atoms with van der Waals surface area (Å²) in [5, 5.41) is 0.923. The Hall–Kier alpha value is -3.35. The lowest BCUT2D eigenvalue weighted by Gasteiger charge is -2.17. The summed E-state index contributed by atoms with van der Waals surface area (Å²) in [7, 11) is 0. The van der Waals surface area contributed by atoms with Crippen molar-refractivity contribution in [3.05, 3.63) is 64.8 Å². The number of carbonyl (C=O) groups is 1. The van der Waals surface area contributed by atoms with Crippen molar-refractivity contribution in [2.75, 3.05) is 13.1 Å². The van der Waals surface area contributed by atoms with Crippen molar-refractivity contribution in [2.24, 2.45) is 0 Å². The molecule has 130 valence electrons. The molecule has 1 fully saturated rings. The van der Waals surface area contributed by atoms with Crippen LogP contribution < -0.4 is 5.69 Å². The number of H-pyrrole nitrogens is 2. The first-order valence-corrected chi connectivity index (χ1v) is 8.63. The Bertz CT molecular complexity index is 1190. The first-order chi connectivity index (χ1) is 12.7. The lowest BCUT2D eigenvalue weighted by Crippen LogP contribution is -2.31. The lowest BCUT2D eigenvalue weighted by atomic mass is 10.1. The molecule has 2 N–H and O–H groups in total. The molecule has 0 saturated carbocycles. The molecule has 0 bridgehead atoms. The Labute approximate surface area is 148 Å². The van der Waals surface area contributed by atoms with Gasteiger partial charge in [0.1, 0.15) is 0 Å². The van der Waals surface area contributed by atoms with Crippen molar-refractivity contribution in [1.82, 2.24) is 24.4 Å². The molecule has 1 aromatic carbocycles. The molecule has 1 aliphatic rings. The second kappa shape index (κ2) is 5.59. The number of aromatic amines is 2. The van der Waals surface area contributed by atoms with Crippen LogP contribution in [0.4, 0.5) is 0 Å². The van der Waals surface area contributed by atoms with E-state index in [0.717, 1.165) is 22.8 Å². The number of aromatic nitrogens is 4. The summed E-state index contributed by atoms with van der Waals surface area (Å²) in [4.78, 5) is 37.5. The first kappa shape index (κ1) is 14.9. The summed E-state index contributed by atoms with van der Waals surface area (Å²) in [5.41, 5.74) is 2.83. The Balaban J connectivity index is 1.47. The summed E-state index contributed by atoms with van der Waals surface area (Å²) in [6, 6.07) is 11.2. The monoisotopic (exact) mass is 347 g/mol. The van der Waals surface area contributed by atoms with E-state index in [9.17, 15) is 9.59 Å². The summed E-state index contributed by atoms with van der Waals surface area (Å²) in [5.74, 6) is -0.00134. The van der Waals surface area contributed by atoms with Crippen molar-refractivity contribution in [2.45, 2.75) is 12.5 Å². The molecule has 0 radical (unpaired) electrons. The highest BCUT2D eigenvalue weighted by molar-refractivity contribution is 6.06. The largest absolute Gasteiger partial charge is 0.361 e. The topological polar surface area (TPSA) is 86.8 Å². The van der Waals surface area contributed by atoms with Gasteiger partial charge >= 0.3 is 5.69 Å². The maximum atomic E-state index is 13.0. The quantitative estimate of drug-likeness (QED) is 0.583. The van der Waals surface area contributed by atoms with Gasteiger partial charge in [-0.1, -0.05) is 6.07 Å². The number of hydrogen-bond acceptors (Lipinski definition) is 3. The predicted molar refractivity (Wildman–Crippen MR) is 98.2 cm³/mol. The average molecular weight is 347 g/mol. The minimum absolute atomic E-state index is 0.00134. The summed E-state index contributed by atoms with van der Waals surface area (Å²) in [6.45, 7) is 1.12. The van der Waals surface area contributed by atoms with Crippen molar-refractivity contribution in [3.63, 3.8) is 0 Å². The molecule has 1 aliphatic heterocycles. The molecule has 7 heteroatoms. The van der Waals surface area contributed by atoms with Crippen LogP contribution in [-0.2, 0) is 0 Å². The molecule has 1 amide bonds. The predicted octanol–water partition coefficient (Wildman–Crippen LogP) is 2.29. The summed E-state index contributed by atoms with van der Waals surface area (Å²) < 4.78 is 1.68. The van der Waals surface area contributed by atoms with Crippen LogP contribution in [-0.4, -0.2) is 43.4 Å². The maximum Gasteiger partial charge on any atom is 0.327 e. The summed E-state index contributed by atoms with van der Waals surface area (Å²) in [6.07, 6.45) is 4.25. The van der Waals surface area contributed by atoms with Gasteiger partial charge in [-0.3, -0.25) is 9.36 Å². The van der Waals surface area contributed by atoms with E-state index in [0.29, 0.717) is 24.3 Å². The first-order valence-electron chi connectivity index (χ1n) is 8.63. The van der Waals surface area contributed by atoms with Gasteiger partial charge in [-0.25, -0.2) is 9.78 Å². The molecule has 26 heavy (non-hydrogen) atoms. The molecule has 1 saturated heterocycles. The van der Waals surface area contributed by atoms with E-state index in [1.165, 1.54) is 0 Å². The number of nitrogens with one attached hydrogen (secondary N) is 2. The van der Waals surface area contributed by atoms with Crippen LogP contribution in [0.2, 0.25) is 0 Å². The Kier molecular flexibility index (Phi) is 3.21. The van der Waals surface area contributed by atoms with Crippen molar-refractivity contribution in [1.29, 1.82) is 0 Å². The highest BCUT2D eigenvalue weighted by Crippen LogP contribution is 2.26. The van der Waals surface area contributed by atoms with Crippen molar-refractivity contribution < 1.29 is 4.79 Å². The van der Waals surface area contributed by atoms with Crippen LogP contribution >= 0.6 is 0 Å². The molecule has 5 rings (SSSR count). The minimum Gasteiger partial charge on any atom is -0.361 e. The molecule has 4 heterocycles. The van der Waals surface area contributed by atoms with Crippen LogP contribution in [0.5, 0.6) is 0 Å². The molecular formula is C19H17N5O2. The van der Waals surface area contributed by atoms with E-state index in [1.54, 1.807) is 16.8 Å². The van der Waals surface area contributed by atoms with Gasteiger partial charge in [0.2, 0.25) is 0 Å². The third-order valence-electron chi connectivity index (χ3n) is 5.12. The standard InChI is InChI=1S/C19H17N5O2/c25-18(14-3-1-4-15-13(14)6-9-20-15)23-10-7-12(11-23)24-17-16(22-19(24)26)5-2-8-21-17/h1-6,8-9,12,20H,7,10-11H2,(H,22,26)/t12-/m1/s1. The zero-order chi connectivity index (χ0) is 17.7. The van der Waals surface area contributed by atoms with Gasteiger partial charge in [0.15, 0.2) is 5.65 Å². The zero-order valence-electron chi connectivity index (χ0n) is 14.0. The van der Waals surface area contributed by atoms with E-state index < -0.39 is 0 Å². The van der Waals surface area contributed by atoms with Crippen molar-refractivity contribution >= 4 is 28.0 Å². The van der Waals surface area contributed by atoms with Gasteiger partial charge in [-0.15, -0.1) is 0 Å². The highest BCUT2D eigenvalue weighted by Gasteiger charge is 2.31. The Morgan fingerprint density at radius 2 is 2.04 bits per heavy atom. The fraction of sp³-hybridized carbons (Fsp3) is 0.211. The molecule has 0 unspecified atom stereocenters. The zero-order valence-corrected chi connectivity index (χ0v) is 14.0. The number of rotatable bonds is 2. The smallest absolute Gasteiger partial charge is 0.327 e. The molecule has 0 spiro atoms. The van der Waals surface area contributed by atoms with Crippen LogP contribution in [0.1, 0.15) is 22.8 Å². The fourth-order valence-corrected chi connectivity index (χ4v) is 3.88. The van der Waals surface area contributed by atoms with E-state index in [1.807, 2.05) is 41.4 Å². The van der Waals surface area contributed by atoms with Gasteiger partial charge in [-0.05, 0) is 36.8 Å². The molecule has 7 nitrogen and oxygen atoms in total. The number of likely N-dealkylation sites (tertiary alicyclic amines) is 1. The number of benzene rings is 1. The van der Waals surface area contributed by atoms with Crippen LogP contribution in [0, 0.1) is 0 Å². The molecule has 4 aromatic rings. The third-order valence-corrected chi connectivity index (χ3v) is 5.12. The number of amides is 1. The van der Waals surface area contributed by atoms with E-state index >= 15 is 0 Å². The van der Waals surface area contributed by atoms with Crippen molar-refractivity contribution in [3.8, 4) is 0 Å². The average Bonchev–Trinajstić information content (AvgIpc) is 3.37. The van der Waals surface area contributed by atoms with Gasteiger partial charge in [-0.2, -0.15) is 0 Å². The third kappa shape index (κ3) is 2.17. The van der Waals surface area contributed by atoms with Gasteiger partial charge in [0, 0.05) is 41.9 Å². The molecule has 1 atom stereocenters. The number of nitrogens with zero attached hydrogens (tertiary/aromatic N) is 3. The fourth-order valence-electron chi connectivity index (χ4n) is 3.88. The van der Waals surface area contributed by atoms with Crippen LogP contribution in [0.25, 0.3) is 22.1 Å². The van der Waals surface area contributed by atoms with Gasteiger partial charge in [0.05, 0.1) is 11.6 Å². The maximum absolute atomic E-state index is 13.0. The number of hydrogen-bond donors (Lipinski definition) is 2. The highest BCUT2D eigenvalue weighted by atomic mass is 16.2. The molecular weight excluding hydrogens is 330 g/mol. The Morgan fingerprint density at radius 1 is 1.15 bits per heavy atom. The minimum atomic E-state index is -0.175. The van der Waals surface area contributed by atoms with Crippen LogP contribution in [0.15, 0.2) is 53.6 Å². The molecule has 3 aromatic heterocycles. The summed E-state index contributed by atoms with van der Waals surface area (Å²) >= 11 is 0. The normalized spacial score (nSPS) is 17.4. The second-order valence-corrected chi connectivity index (χ2v) is 6.61. The second-order valence-electron chi connectivity index (χ2n) is 6.61. The number of fused-ring (bicyclic) bond motifs is 2. The number of pyridine rings is 1. The Morgan fingerprint density at radius 3 is 2.96 bits per heavy atom.